The highest BCUT2D eigenvalue weighted by Crippen LogP contribution is 2.48. The average molecular weight is 348 g/mol. The summed E-state index contributed by atoms with van der Waals surface area (Å²) in [5.74, 6) is 0. The molecule has 1 unspecified atom stereocenters. The van der Waals surface area contributed by atoms with Crippen LogP contribution in [0.3, 0.4) is 0 Å². The van der Waals surface area contributed by atoms with Crippen LogP contribution in [0.25, 0.3) is 10.8 Å². The van der Waals surface area contributed by atoms with Crippen molar-refractivity contribution in [2.45, 2.75) is 46.0 Å². The third-order valence-corrected chi connectivity index (χ3v) is 6.10. The van der Waals surface area contributed by atoms with E-state index >= 15 is 0 Å². The van der Waals surface area contributed by atoms with Gasteiger partial charge in [0.05, 0.1) is 13.2 Å². The Balaban J connectivity index is 1.75. The van der Waals surface area contributed by atoms with Gasteiger partial charge in [0, 0.05) is 6.16 Å². The molecule has 4 heteroatoms. The van der Waals surface area contributed by atoms with Gasteiger partial charge in [-0.25, -0.2) is 0 Å². The maximum absolute atomic E-state index is 12.5. The summed E-state index contributed by atoms with van der Waals surface area (Å²) in [6.45, 7) is 5.04. The van der Waals surface area contributed by atoms with E-state index in [9.17, 15) is 4.57 Å². The van der Waals surface area contributed by atoms with E-state index in [2.05, 4.69) is 42.5 Å². The maximum atomic E-state index is 12.5. The number of hydrogen-bond acceptors (Lipinski definition) is 3. The molecule has 2 aromatic rings. The molecule has 0 aliphatic heterocycles. The Bertz CT molecular complexity index is 669. The molecule has 0 N–H and O–H groups in total. The molecule has 2 rings (SSSR count). The van der Waals surface area contributed by atoms with Gasteiger partial charge in [-0.2, -0.15) is 0 Å². The van der Waals surface area contributed by atoms with Gasteiger partial charge in [0.1, 0.15) is 0 Å². The summed E-state index contributed by atoms with van der Waals surface area (Å²) in [5, 5.41) is 2.56. The van der Waals surface area contributed by atoms with Crippen LogP contribution in [-0.4, -0.2) is 19.4 Å². The summed E-state index contributed by atoms with van der Waals surface area (Å²) in [6.07, 6.45) is 5.13. The fourth-order valence-electron chi connectivity index (χ4n) is 2.70. The van der Waals surface area contributed by atoms with E-state index in [1.54, 1.807) is 0 Å². The molecule has 0 heterocycles. The van der Waals surface area contributed by atoms with Crippen LogP contribution in [0, 0.1) is 0 Å². The van der Waals surface area contributed by atoms with Crippen molar-refractivity contribution < 1.29 is 13.6 Å². The number of hydrogen-bond donors (Lipinski definition) is 0. The van der Waals surface area contributed by atoms with Crippen molar-refractivity contribution in [2.24, 2.45) is 0 Å². The van der Waals surface area contributed by atoms with Crippen LogP contribution >= 0.6 is 7.60 Å². The summed E-state index contributed by atoms with van der Waals surface area (Å²) in [7, 11) is -2.88. The van der Waals surface area contributed by atoms with Crippen molar-refractivity contribution in [3.8, 4) is 0 Å². The molecule has 0 aliphatic carbocycles. The first kappa shape index (κ1) is 19.2. The van der Waals surface area contributed by atoms with Crippen molar-refractivity contribution in [3.05, 3.63) is 48.0 Å². The Morgan fingerprint density at radius 1 is 0.875 bits per heavy atom. The quantitative estimate of drug-likeness (QED) is 0.358. The van der Waals surface area contributed by atoms with E-state index in [4.69, 9.17) is 9.05 Å². The lowest BCUT2D eigenvalue weighted by Gasteiger charge is -2.17. The monoisotopic (exact) mass is 348 g/mol. The summed E-state index contributed by atoms with van der Waals surface area (Å²) >= 11 is 0. The lowest BCUT2D eigenvalue weighted by atomic mass is 10.0. The number of unbranched alkanes of at least 4 members (excludes halogenated alkanes) is 1. The van der Waals surface area contributed by atoms with Crippen molar-refractivity contribution in [2.75, 3.05) is 19.4 Å². The zero-order valence-corrected chi connectivity index (χ0v) is 15.8. The van der Waals surface area contributed by atoms with Crippen LogP contribution in [0.2, 0.25) is 0 Å². The van der Waals surface area contributed by atoms with Gasteiger partial charge in [-0.15, -0.1) is 0 Å². The predicted molar refractivity (Wildman–Crippen MR) is 102 cm³/mol. The number of benzene rings is 2. The Morgan fingerprint density at radius 3 is 2.38 bits per heavy atom. The number of fused-ring (bicyclic) bond motifs is 1. The summed E-state index contributed by atoms with van der Waals surface area (Å²) in [5.41, 5.74) is 1.34. The van der Waals surface area contributed by atoms with Gasteiger partial charge in [-0.3, -0.25) is 4.57 Å². The second kappa shape index (κ2) is 9.98. The van der Waals surface area contributed by atoms with Crippen LogP contribution in [0.5, 0.6) is 0 Å². The molecule has 0 amide bonds. The van der Waals surface area contributed by atoms with E-state index in [1.807, 2.05) is 13.8 Å². The Morgan fingerprint density at radius 2 is 1.62 bits per heavy atom. The van der Waals surface area contributed by atoms with Gasteiger partial charge in [0.25, 0.3) is 0 Å². The summed E-state index contributed by atoms with van der Waals surface area (Å²) in [6, 6.07) is 15.0. The molecule has 0 bridgehead atoms. The Hall–Kier alpha value is -1.15. The van der Waals surface area contributed by atoms with Gasteiger partial charge in [-0.05, 0) is 48.4 Å². The molecule has 0 spiro atoms. The molecule has 1 atom stereocenters. The second-order valence-electron chi connectivity index (χ2n) is 6.14. The highest BCUT2D eigenvalue weighted by molar-refractivity contribution is 7.53. The molecule has 0 radical (unpaired) electrons. The van der Waals surface area contributed by atoms with E-state index < -0.39 is 7.60 Å². The van der Waals surface area contributed by atoms with E-state index in [0.29, 0.717) is 19.4 Å². The lowest BCUT2D eigenvalue weighted by Crippen LogP contribution is -2.02. The first-order valence-electron chi connectivity index (χ1n) is 9.02. The van der Waals surface area contributed by atoms with Crippen LogP contribution < -0.4 is 0 Å². The summed E-state index contributed by atoms with van der Waals surface area (Å²) in [4.78, 5) is 0. The van der Waals surface area contributed by atoms with Crippen molar-refractivity contribution in [3.63, 3.8) is 0 Å². The first-order chi connectivity index (χ1) is 11.7. The minimum Gasteiger partial charge on any atom is -0.309 e. The third kappa shape index (κ3) is 6.05. The zero-order valence-electron chi connectivity index (χ0n) is 14.9. The van der Waals surface area contributed by atoms with E-state index in [1.165, 1.54) is 16.3 Å². The largest absolute Gasteiger partial charge is 0.330 e. The lowest BCUT2D eigenvalue weighted by molar-refractivity contribution is 0.201. The van der Waals surface area contributed by atoms with Crippen LogP contribution in [0.4, 0.5) is 0 Å². The topological polar surface area (TPSA) is 35.5 Å². The smallest absolute Gasteiger partial charge is 0.309 e. The van der Waals surface area contributed by atoms with Crippen molar-refractivity contribution in [1.29, 1.82) is 0 Å². The molecule has 2 aromatic carbocycles. The van der Waals surface area contributed by atoms with Gasteiger partial charge in [0.15, 0.2) is 0 Å². The molecule has 132 valence electrons. The molecular weight excluding hydrogens is 319 g/mol. The fraction of sp³-hybridized carbons (Fsp3) is 0.500. The zero-order chi connectivity index (χ0) is 17.3. The highest BCUT2D eigenvalue weighted by atomic mass is 31.2. The third-order valence-electron chi connectivity index (χ3n) is 3.95. The summed E-state index contributed by atoms with van der Waals surface area (Å²) < 4.78 is 23.6. The molecule has 0 aliphatic rings. The number of rotatable bonds is 11. The molecular formula is C20H29O3P. The average Bonchev–Trinajstić information content (AvgIpc) is 2.60. The molecule has 0 saturated heterocycles. The molecule has 3 nitrogen and oxygen atoms in total. The maximum Gasteiger partial charge on any atom is 0.330 e. The fourth-order valence-corrected chi connectivity index (χ4v) is 4.45. The van der Waals surface area contributed by atoms with Crippen LogP contribution in [-0.2, 0) is 20.0 Å². The predicted octanol–water partition coefficient (Wildman–Crippen LogP) is 6.21. The van der Waals surface area contributed by atoms with Crippen LogP contribution in [0.1, 0.15) is 45.1 Å². The Kier molecular flexibility index (Phi) is 7.98. The van der Waals surface area contributed by atoms with Crippen molar-refractivity contribution >= 4 is 18.4 Å². The number of aryl methyl sites for hydroxylation is 1. The van der Waals surface area contributed by atoms with Gasteiger partial charge < -0.3 is 9.05 Å². The van der Waals surface area contributed by atoms with Gasteiger partial charge in [-0.1, -0.05) is 56.3 Å². The van der Waals surface area contributed by atoms with E-state index in [0.717, 1.165) is 32.1 Å². The highest BCUT2D eigenvalue weighted by Gasteiger charge is 2.22. The van der Waals surface area contributed by atoms with Gasteiger partial charge >= 0.3 is 7.60 Å². The SMILES string of the molecule is CCCOP(=O)(CCC)OCCCCc1ccc2ccccc2c1. The van der Waals surface area contributed by atoms with E-state index in [-0.39, 0.29) is 0 Å². The van der Waals surface area contributed by atoms with Crippen LogP contribution in [0.15, 0.2) is 42.5 Å². The first-order valence-corrected chi connectivity index (χ1v) is 10.8. The second-order valence-corrected chi connectivity index (χ2v) is 8.32. The van der Waals surface area contributed by atoms with Crippen molar-refractivity contribution in [1.82, 2.24) is 0 Å². The standard InChI is InChI=1S/C20H29O3P/c1-3-14-22-24(21,16-4-2)23-15-8-7-9-18-12-13-19-10-5-6-11-20(19)17-18/h5-6,10-13,17H,3-4,7-9,14-16H2,1-2H3. The van der Waals surface area contributed by atoms with Gasteiger partial charge in [0.2, 0.25) is 0 Å². The molecule has 24 heavy (non-hydrogen) atoms. The minimum atomic E-state index is -2.88. The Labute approximate surface area is 145 Å². The molecule has 0 fully saturated rings. The normalized spacial score (nSPS) is 13.9. The molecule has 0 saturated carbocycles. The minimum absolute atomic E-state index is 0.508. The molecule has 0 aromatic heterocycles.